The van der Waals surface area contributed by atoms with Crippen molar-refractivity contribution >= 4 is 23.5 Å². The zero-order valence-corrected chi connectivity index (χ0v) is 16.2. The highest BCUT2D eigenvalue weighted by Gasteiger charge is 2.35. The molecule has 0 saturated carbocycles. The summed E-state index contributed by atoms with van der Waals surface area (Å²) in [5.41, 5.74) is 2.18. The summed E-state index contributed by atoms with van der Waals surface area (Å²) in [5, 5.41) is 14.7. The Morgan fingerprint density at radius 1 is 1.28 bits per heavy atom. The number of carbonyl (C=O) groups excluding carboxylic acids is 2. The lowest BCUT2D eigenvalue weighted by molar-refractivity contribution is -0.122. The van der Waals surface area contributed by atoms with Gasteiger partial charge in [-0.15, -0.1) is 5.10 Å². The van der Waals surface area contributed by atoms with Crippen LogP contribution in [0.3, 0.4) is 0 Å². The van der Waals surface area contributed by atoms with E-state index in [1.54, 1.807) is 48.0 Å². The molecule has 1 N–H and O–H groups in total. The predicted octanol–water partition coefficient (Wildman–Crippen LogP) is 1.78. The van der Waals surface area contributed by atoms with E-state index in [4.69, 9.17) is 9.15 Å². The summed E-state index contributed by atoms with van der Waals surface area (Å²) in [4.78, 5) is 26.6. The van der Waals surface area contributed by atoms with Gasteiger partial charge in [-0.05, 0) is 37.3 Å². The number of nitrogens with zero attached hydrogens (tertiary/aromatic N) is 5. The molecule has 1 aliphatic rings. The molecule has 0 radical (unpaired) electrons. The van der Waals surface area contributed by atoms with E-state index in [0.29, 0.717) is 11.4 Å². The van der Waals surface area contributed by atoms with E-state index < -0.39 is 5.92 Å². The number of rotatable bonds is 5. The van der Waals surface area contributed by atoms with Crippen LogP contribution in [0.15, 0.2) is 34.7 Å². The normalized spacial score (nSPS) is 16.3. The van der Waals surface area contributed by atoms with Crippen molar-refractivity contribution in [3.05, 3.63) is 36.0 Å². The molecule has 4 rings (SSSR count). The molecule has 3 heterocycles. The maximum absolute atomic E-state index is 12.6. The highest BCUT2D eigenvalue weighted by molar-refractivity contribution is 6.03. The lowest BCUT2D eigenvalue weighted by Gasteiger charge is -2.16. The number of amides is 2. The topological polar surface area (TPSA) is 115 Å². The van der Waals surface area contributed by atoms with Gasteiger partial charge in [0.1, 0.15) is 11.4 Å². The monoisotopic (exact) mass is 396 g/mol. The zero-order valence-electron chi connectivity index (χ0n) is 16.2. The number of hydrogen-bond donors (Lipinski definition) is 1. The fourth-order valence-electron chi connectivity index (χ4n) is 3.29. The summed E-state index contributed by atoms with van der Waals surface area (Å²) >= 11 is 0. The fraction of sp³-hybridized carbons (Fsp3) is 0.316. The Labute approximate surface area is 166 Å². The van der Waals surface area contributed by atoms with E-state index in [1.165, 1.54) is 0 Å². The van der Waals surface area contributed by atoms with Crippen molar-refractivity contribution in [2.45, 2.75) is 13.3 Å². The van der Waals surface area contributed by atoms with Crippen molar-refractivity contribution in [3.63, 3.8) is 0 Å². The van der Waals surface area contributed by atoms with Crippen molar-refractivity contribution in [2.75, 3.05) is 23.9 Å². The van der Waals surface area contributed by atoms with E-state index in [2.05, 4.69) is 20.6 Å². The third-order valence-electron chi connectivity index (χ3n) is 4.76. The summed E-state index contributed by atoms with van der Waals surface area (Å²) in [5.74, 6) is -0.0206. The third-order valence-corrected chi connectivity index (χ3v) is 4.76. The third kappa shape index (κ3) is 3.68. The predicted molar refractivity (Wildman–Crippen MR) is 103 cm³/mol. The Bertz CT molecular complexity index is 1060. The minimum atomic E-state index is -0.515. The second kappa shape index (κ2) is 7.38. The molecule has 1 atom stereocenters. The number of methoxy groups -OCH3 is 1. The van der Waals surface area contributed by atoms with Crippen molar-refractivity contribution in [1.29, 1.82) is 0 Å². The van der Waals surface area contributed by atoms with Crippen LogP contribution >= 0.6 is 0 Å². The maximum Gasteiger partial charge on any atom is 0.322 e. The summed E-state index contributed by atoms with van der Waals surface area (Å²) < 4.78 is 12.3. The molecule has 10 nitrogen and oxygen atoms in total. The molecule has 150 valence electrons. The molecule has 1 aliphatic heterocycles. The number of anilines is 2. The van der Waals surface area contributed by atoms with Crippen LogP contribution in [0.4, 0.5) is 11.7 Å². The van der Waals surface area contributed by atoms with Crippen LogP contribution in [0.5, 0.6) is 5.75 Å². The lowest BCUT2D eigenvalue weighted by atomic mass is 10.1. The number of hydrogen-bond acceptors (Lipinski definition) is 7. The first-order valence-electron chi connectivity index (χ1n) is 9.04. The highest BCUT2D eigenvalue weighted by Crippen LogP contribution is 2.28. The van der Waals surface area contributed by atoms with Gasteiger partial charge in [-0.3, -0.25) is 19.6 Å². The Hall–Kier alpha value is -3.69. The molecule has 1 unspecified atom stereocenters. The van der Waals surface area contributed by atoms with Gasteiger partial charge in [0.15, 0.2) is 0 Å². The van der Waals surface area contributed by atoms with Gasteiger partial charge in [-0.2, -0.15) is 5.10 Å². The minimum absolute atomic E-state index is 0.0146. The largest absolute Gasteiger partial charge is 0.497 e. The number of benzene rings is 1. The fourth-order valence-corrected chi connectivity index (χ4v) is 3.29. The SMILES string of the molecule is COc1ccc(N2CC(C(=O)Nc3nnc(-c4cc(C)nn4C)o3)CC2=O)cc1. The molecular formula is C19H20N6O4. The smallest absolute Gasteiger partial charge is 0.322 e. The molecular weight excluding hydrogens is 376 g/mol. The molecule has 0 aliphatic carbocycles. The molecule has 0 bridgehead atoms. The quantitative estimate of drug-likeness (QED) is 0.699. The molecule has 0 spiro atoms. The van der Waals surface area contributed by atoms with E-state index >= 15 is 0 Å². The average Bonchev–Trinajstić information content (AvgIpc) is 3.40. The van der Waals surface area contributed by atoms with Gasteiger partial charge in [-0.1, -0.05) is 5.10 Å². The van der Waals surface area contributed by atoms with E-state index in [-0.39, 0.29) is 36.7 Å². The molecule has 1 saturated heterocycles. The van der Waals surface area contributed by atoms with Gasteiger partial charge in [-0.25, -0.2) is 0 Å². The van der Waals surface area contributed by atoms with Gasteiger partial charge in [0, 0.05) is 25.7 Å². The number of nitrogens with one attached hydrogen (secondary N) is 1. The Balaban J connectivity index is 1.43. The summed E-state index contributed by atoms with van der Waals surface area (Å²) in [7, 11) is 3.34. The van der Waals surface area contributed by atoms with Gasteiger partial charge in [0.2, 0.25) is 11.8 Å². The summed E-state index contributed by atoms with van der Waals surface area (Å²) in [6.45, 7) is 2.13. The maximum atomic E-state index is 12.6. The Morgan fingerprint density at radius 3 is 2.69 bits per heavy atom. The second-order valence-corrected chi connectivity index (χ2v) is 6.80. The van der Waals surface area contributed by atoms with Crippen LogP contribution in [0, 0.1) is 12.8 Å². The van der Waals surface area contributed by atoms with Crippen LogP contribution in [0.1, 0.15) is 12.1 Å². The minimum Gasteiger partial charge on any atom is -0.497 e. The Morgan fingerprint density at radius 2 is 2.03 bits per heavy atom. The van der Waals surface area contributed by atoms with Crippen molar-refractivity contribution in [1.82, 2.24) is 20.0 Å². The van der Waals surface area contributed by atoms with Crippen LogP contribution in [-0.2, 0) is 16.6 Å². The number of carbonyl (C=O) groups is 2. The summed E-state index contributed by atoms with van der Waals surface area (Å²) in [6.07, 6.45) is 0.111. The molecule has 1 fully saturated rings. The average molecular weight is 396 g/mol. The van der Waals surface area contributed by atoms with Crippen molar-refractivity contribution in [2.24, 2.45) is 13.0 Å². The van der Waals surface area contributed by atoms with Gasteiger partial charge in [0.25, 0.3) is 5.89 Å². The number of aromatic nitrogens is 4. The molecule has 10 heteroatoms. The first kappa shape index (κ1) is 18.7. The summed E-state index contributed by atoms with van der Waals surface area (Å²) in [6, 6.07) is 8.92. The molecule has 3 aromatic rings. The van der Waals surface area contributed by atoms with Crippen LogP contribution in [0.25, 0.3) is 11.6 Å². The number of ether oxygens (including phenoxy) is 1. The Kier molecular flexibility index (Phi) is 4.75. The molecule has 2 amide bonds. The van der Waals surface area contributed by atoms with Crippen molar-refractivity contribution < 1.29 is 18.7 Å². The van der Waals surface area contributed by atoms with E-state index in [1.807, 2.05) is 13.0 Å². The first-order chi connectivity index (χ1) is 13.9. The van der Waals surface area contributed by atoms with Crippen molar-refractivity contribution in [3.8, 4) is 17.3 Å². The van der Waals surface area contributed by atoms with Crippen LogP contribution in [0.2, 0.25) is 0 Å². The standard InChI is InChI=1S/C19H20N6O4/c1-11-8-15(24(2)23-11)18-21-22-19(29-18)20-17(27)12-9-16(26)25(10-12)13-4-6-14(28-3)7-5-13/h4-8,12H,9-10H2,1-3H3,(H,20,22,27). The number of aryl methyl sites for hydroxylation is 2. The zero-order chi connectivity index (χ0) is 20.5. The van der Waals surface area contributed by atoms with Gasteiger partial charge in [0.05, 0.1) is 18.7 Å². The molecule has 1 aromatic carbocycles. The molecule has 2 aromatic heterocycles. The first-order valence-corrected chi connectivity index (χ1v) is 9.04. The highest BCUT2D eigenvalue weighted by atomic mass is 16.5. The van der Waals surface area contributed by atoms with Crippen LogP contribution < -0.4 is 15.0 Å². The van der Waals surface area contributed by atoms with E-state index in [9.17, 15) is 9.59 Å². The van der Waals surface area contributed by atoms with Crippen LogP contribution in [-0.4, -0.2) is 45.4 Å². The molecule has 29 heavy (non-hydrogen) atoms. The van der Waals surface area contributed by atoms with E-state index in [0.717, 1.165) is 11.4 Å². The second-order valence-electron chi connectivity index (χ2n) is 6.80. The van der Waals surface area contributed by atoms with Gasteiger partial charge >= 0.3 is 6.01 Å². The lowest BCUT2D eigenvalue weighted by Crippen LogP contribution is -2.28. The van der Waals surface area contributed by atoms with Gasteiger partial charge < -0.3 is 14.1 Å².